The van der Waals surface area contributed by atoms with Gasteiger partial charge in [0.1, 0.15) is 0 Å². The zero-order valence-electron chi connectivity index (χ0n) is 60.5. The summed E-state index contributed by atoms with van der Waals surface area (Å²) < 4.78 is 4.93. The number of hydrogen-bond donors (Lipinski definition) is 0. The molecular weight excluding hydrogens is 1300 g/mol. The van der Waals surface area contributed by atoms with Crippen molar-refractivity contribution in [2.45, 2.75) is 52.4 Å². The minimum atomic E-state index is -0.302. The Labute approximate surface area is 625 Å². The molecule has 0 amide bonds. The normalized spacial score (nSPS) is 12.5. The van der Waals surface area contributed by atoms with Gasteiger partial charge in [-0.25, -0.2) is 4.85 Å². The molecule has 0 N–H and O–H groups in total. The number of hydrogen-bond acceptors (Lipinski definition) is 3. The lowest BCUT2D eigenvalue weighted by Crippen LogP contribution is -2.61. The zero-order valence-corrected chi connectivity index (χ0v) is 60.5. The van der Waals surface area contributed by atoms with Gasteiger partial charge in [0.05, 0.1) is 51.6 Å². The van der Waals surface area contributed by atoms with Crippen LogP contribution in [0.3, 0.4) is 0 Å². The molecule has 0 bridgehead atoms. The monoisotopic (exact) mass is 1370 g/mol. The molecule has 0 radical (unpaired) electrons. The molecule has 7 heteroatoms. The summed E-state index contributed by atoms with van der Waals surface area (Å²) >= 11 is 0. The first-order chi connectivity index (χ1) is 52.2. The average Bonchev–Trinajstić information content (AvgIpc) is 0.803. The van der Waals surface area contributed by atoms with Crippen LogP contribution in [0.25, 0.3) is 127 Å². The molecular formula is C100H73BN6. The Bertz CT molecular complexity index is 6410. The number of rotatable bonds is 10. The summed E-state index contributed by atoms with van der Waals surface area (Å²) in [5.74, 6) is 0. The summed E-state index contributed by atoms with van der Waals surface area (Å²) in [5.41, 5.74) is 32.7. The van der Waals surface area contributed by atoms with E-state index >= 15 is 0 Å². The summed E-state index contributed by atoms with van der Waals surface area (Å²) in [6, 6.07) is 126. The first kappa shape index (κ1) is 64.4. The van der Waals surface area contributed by atoms with Crippen LogP contribution in [0.15, 0.2) is 334 Å². The largest absolute Gasteiger partial charge is 0.311 e. The number of fused-ring (bicyclic) bond motifs is 10. The third-order valence-corrected chi connectivity index (χ3v) is 22.3. The Morgan fingerprint density at radius 3 is 1.17 bits per heavy atom. The maximum absolute atomic E-state index is 10.2. The van der Waals surface area contributed by atoms with Crippen LogP contribution in [0.2, 0.25) is 0 Å². The van der Waals surface area contributed by atoms with E-state index in [0.29, 0.717) is 11.3 Å². The van der Waals surface area contributed by atoms with Crippen molar-refractivity contribution in [2.75, 3.05) is 9.80 Å². The van der Waals surface area contributed by atoms with E-state index < -0.39 is 0 Å². The van der Waals surface area contributed by atoms with Crippen LogP contribution in [-0.2, 0) is 10.8 Å². The summed E-state index contributed by atoms with van der Waals surface area (Å²) in [5, 5.41) is 15.0. The fourth-order valence-electron chi connectivity index (χ4n) is 17.0. The van der Waals surface area contributed by atoms with Crippen LogP contribution in [0, 0.1) is 17.9 Å². The number of nitriles is 1. The molecule has 0 fully saturated rings. The highest BCUT2D eigenvalue weighted by atomic mass is 15.2. The summed E-state index contributed by atoms with van der Waals surface area (Å²) in [6.45, 7) is 21.3. The van der Waals surface area contributed by atoms with Gasteiger partial charge in [0.25, 0.3) is 6.71 Å². The number of anilines is 6. The number of benzene rings is 15. The Kier molecular flexibility index (Phi) is 15.1. The van der Waals surface area contributed by atoms with Gasteiger partial charge < -0.3 is 18.9 Å². The number of para-hydroxylation sites is 4. The molecule has 0 saturated heterocycles. The lowest BCUT2D eigenvalue weighted by atomic mass is 9.33. The summed E-state index contributed by atoms with van der Waals surface area (Å²) in [7, 11) is 0. The molecule has 4 heterocycles. The summed E-state index contributed by atoms with van der Waals surface area (Å²) in [4.78, 5) is 9.08. The standard InChI is InChI=1S/C100H73BN6/c1-99(2,3)74-45-38-69(39-46-74)83-56-71(66-42-49-76(103-7)50-43-66)44-55-92(83)106-93-61-77(104-88-30-18-14-26-79(88)80-27-15-19-31-89(80)104)51-53-86(93)101-87-54-52-78(105-90-32-20-16-28-81(90)82-29-17-21-33-91(82)105)62-94(87)107(96-60-73(59-95(106)97(96)101)65-22-10-8-11-23-65)98-84(68-24-12-9-13-25-68)57-72(67-36-34-64(63-102)35-37-67)58-85(98)70-40-47-75(48-41-70)100(4,5)6/h8-62H,1-6H3. The van der Waals surface area contributed by atoms with Crippen molar-refractivity contribution in [3.05, 3.63) is 362 Å². The van der Waals surface area contributed by atoms with E-state index in [1.807, 2.05) is 24.3 Å². The second kappa shape index (κ2) is 25.2. The number of aromatic nitrogens is 2. The predicted molar refractivity (Wildman–Crippen MR) is 450 cm³/mol. The second-order valence-corrected chi connectivity index (χ2v) is 30.6. The predicted octanol–water partition coefficient (Wildman–Crippen LogP) is 25.0. The van der Waals surface area contributed by atoms with E-state index in [4.69, 9.17) is 6.57 Å². The minimum absolute atomic E-state index is 0.0821. The fraction of sp³-hybridized carbons (Fsp3) is 0.0800. The highest BCUT2D eigenvalue weighted by molar-refractivity contribution is 7.00. The quantitative estimate of drug-likeness (QED) is 0.101. The van der Waals surface area contributed by atoms with Gasteiger partial charge in [0.15, 0.2) is 5.69 Å². The molecule has 2 aromatic heterocycles. The van der Waals surface area contributed by atoms with Crippen LogP contribution in [0.5, 0.6) is 0 Å². The molecule has 506 valence electrons. The topological polar surface area (TPSA) is 44.5 Å². The van der Waals surface area contributed by atoms with E-state index in [1.165, 1.54) is 49.1 Å². The third-order valence-electron chi connectivity index (χ3n) is 22.3. The van der Waals surface area contributed by atoms with Gasteiger partial charge in [0, 0.05) is 72.4 Å². The van der Waals surface area contributed by atoms with E-state index in [1.54, 1.807) is 0 Å². The molecule has 0 unspecified atom stereocenters. The Morgan fingerprint density at radius 1 is 0.318 bits per heavy atom. The van der Waals surface area contributed by atoms with Crippen LogP contribution in [0.1, 0.15) is 58.2 Å². The van der Waals surface area contributed by atoms with Crippen LogP contribution in [0.4, 0.5) is 39.8 Å². The van der Waals surface area contributed by atoms with E-state index in [0.717, 1.165) is 134 Å². The van der Waals surface area contributed by atoms with Gasteiger partial charge >= 0.3 is 0 Å². The third kappa shape index (κ3) is 10.8. The van der Waals surface area contributed by atoms with Crippen LogP contribution in [-0.4, -0.2) is 15.8 Å². The molecule has 107 heavy (non-hydrogen) atoms. The zero-order chi connectivity index (χ0) is 72.4. The minimum Gasteiger partial charge on any atom is -0.311 e. The Balaban J connectivity index is 0.979. The van der Waals surface area contributed by atoms with Crippen LogP contribution < -0.4 is 26.2 Å². The molecule has 0 aliphatic carbocycles. The van der Waals surface area contributed by atoms with Crippen molar-refractivity contribution in [3.63, 3.8) is 0 Å². The van der Waals surface area contributed by atoms with Gasteiger partial charge in [0.2, 0.25) is 0 Å². The van der Waals surface area contributed by atoms with Gasteiger partial charge in [-0.05, 0) is 185 Å². The highest BCUT2D eigenvalue weighted by Gasteiger charge is 2.46. The molecule has 2 aliphatic heterocycles. The molecule has 0 saturated carbocycles. The van der Waals surface area contributed by atoms with Crippen molar-refractivity contribution in [3.8, 4) is 84.2 Å². The maximum Gasteiger partial charge on any atom is 0.252 e. The molecule has 17 aromatic rings. The van der Waals surface area contributed by atoms with Crippen molar-refractivity contribution >= 4 is 107 Å². The van der Waals surface area contributed by atoms with Gasteiger partial charge in [-0.3, -0.25) is 0 Å². The first-order valence-electron chi connectivity index (χ1n) is 36.9. The van der Waals surface area contributed by atoms with Crippen molar-refractivity contribution < 1.29 is 0 Å². The molecule has 19 rings (SSSR count). The SMILES string of the molecule is [C-]#[N+]c1ccc(-c2ccc(N3c4cc(-n5c6ccccc6c6ccccc65)ccc4B4c5ccc(-n6c7ccccc7c7ccccc76)cc5N(c5c(-c6ccccc6)cc(-c6ccc(C#N)cc6)cc5-c5ccc(C(C)(C)C)cc5)c5cc(-c6ccccc6)cc3c54)c(-c3ccc(C(C)(C)C)cc3)c2)cc1. The van der Waals surface area contributed by atoms with Crippen molar-refractivity contribution in [2.24, 2.45) is 0 Å². The van der Waals surface area contributed by atoms with E-state index in [-0.39, 0.29) is 17.5 Å². The highest BCUT2D eigenvalue weighted by Crippen LogP contribution is 2.55. The van der Waals surface area contributed by atoms with Gasteiger partial charge in [-0.2, -0.15) is 5.26 Å². The Hall–Kier alpha value is -13.5. The fourth-order valence-corrected chi connectivity index (χ4v) is 17.0. The van der Waals surface area contributed by atoms with E-state index in [9.17, 15) is 5.26 Å². The molecule has 15 aromatic carbocycles. The molecule has 2 aliphatic rings. The smallest absolute Gasteiger partial charge is 0.252 e. The number of nitrogens with zero attached hydrogens (tertiary/aromatic N) is 6. The Morgan fingerprint density at radius 2 is 0.692 bits per heavy atom. The molecule has 0 spiro atoms. The summed E-state index contributed by atoms with van der Waals surface area (Å²) in [6.07, 6.45) is 0. The lowest BCUT2D eigenvalue weighted by molar-refractivity contribution is 0.590. The molecule has 6 nitrogen and oxygen atoms in total. The van der Waals surface area contributed by atoms with Crippen LogP contribution >= 0.6 is 0 Å². The first-order valence-corrected chi connectivity index (χ1v) is 36.9. The van der Waals surface area contributed by atoms with Gasteiger partial charge in [-0.15, -0.1) is 0 Å². The van der Waals surface area contributed by atoms with Gasteiger partial charge in [-0.1, -0.05) is 278 Å². The second-order valence-electron chi connectivity index (χ2n) is 30.6. The average molecular weight is 1370 g/mol. The van der Waals surface area contributed by atoms with Crippen molar-refractivity contribution in [1.82, 2.24) is 9.13 Å². The van der Waals surface area contributed by atoms with Crippen molar-refractivity contribution in [1.29, 1.82) is 5.26 Å². The lowest BCUT2D eigenvalue weighted by Gasteiger charge is -2.46. The molecule has 0 atom stereocenters. The van der Waals surface area contributed by atoms with E-state index in [2.05, 4.69) is 381 Å². The maximum atomic E-state index is 10.2.